The zero-order chi connectivity index (χ0) is 12.3. The molecule has 0 radical (unpaired) electrons. The highest BCUT2D eigenvalue weighted by molar-refractivity contribution is 5.81. The highest BCUT2D eigenvalue weighted by atomic mass is 16.5. The number of Topliss-reactive ketones (excluding diaryl/α,β-unsaturated/α-hetero) is 1. The van der Waals surface area contributed by atoms with E-state index >= 15 is 0 Å². The van der Waals surface area contributed by atoms with Crippen LogP contribution in [0, 0.1) is 5.92 Å². The summed E-state index contributed by atoms with van der Waals surface area (Å²) in [5.41, 5.74) is 0.527. The van der Waals surface area contributed by atoms with Crippen molar-refractivity contribution in [3.63, 3.8) is 0 Å². The van der Waals surface area contributed by atoms with E-state index < -0.39 is 0 Å². The number of rotatable bonds is 4. The maximum atomic E-state index is 11.5. The minimum atomic E-state index is -0.0399. The van der Waals surface area contributed by atoms with Gasteiger partial charge in [0.2, 0.25) is 11.7 Å². The van der Waals surface area contributed by atoms with E-state index in [1.54, 1.807) is 18.6 Å². The smallest absolute Gasteiger partial charge is 0.234 e. The summed E-state index contributed by atoms with van der Waals surface area (Å²) < 4.78 is 4.99. The third-order valence-corrected chi connectivity index (χ3v) is 2.23. The zero-order valence-electron chi connectivity index (χ0n) is 9.62. The van der Waals surface area contributed by atoms with Gasteiger partial charge in [-0.2, -0.15) is 4.98 Å². The lowest BCUT2D eigenvalue weighted by Gasteiger charge is -1.98. The molecule has 0 aliphatic rings. The average molecular weight is 232 g/mol. The monoisotopic (exact) mass is 232 g/mol. The van der Waals surface area contributed by atoms with E-state index in [4.69, 9.17) is 4.52 Å². The lowest BCUT2D eigenvalue weighted by atomic mass is 10.1. The lowest BCUT2D eigenvalue weighted by molar-refractivity contribution is -0.121. The quantitative estimate of drug-likeness (QED) is 0.790. The van der Waals surface area contributed by atoms with Crippen LogP contribution in [0.3, 0.4) is 0 Å². The van der Waals surface area contributed by atoms with E-state index in [1.807, 2.05) is 13.8 Å². The van der Waals surface area contributed by atoms with Crippen LogP contribution in [-0.2, 0) is 11.2 Å². The molecule has 0 spiro atoms. The minimum absolute atomic E-state index is 0.0399. The Balaban J connectivity index is 2.14. The second-order valence-electron chi connectivity index (χ2n) is 3.90. The van der Waals surface area contributed by atoms with E-state index in [9.17, 15) is 4.79 Å². The molecule has 0 atom stereocenters. The van der Waals surface area contributed by atoms with Crippen LogP contribution >= 0.6 is 0 Å². The van der Waals surface area contributed by atoms with Gasteiger partial charge in [-0.15, -0.1) is 0 Å². The minimum Gasteiger partial charge on any atom is -0.338 e. The number of carbonyl (C=O) groups is 1. The molecule has 2 aromatic rings. The molecular formula is C11H12N4O2. The van der Waals surface area contributed by atoms with Gasteiger partial charge in [-0.1, -0.05) is 19.0 Å². The van der Waals surface area contributed by atoms with Crippen molar-refractivity contribution in [3.8, 4) is 11.5 Å². The summed E-state index contributed by atoms with van der Waals surface area (Å²) in [5.74, 6) is 0.690. The molecular weight excluding hydrogens is 220 g/mol. The Kier molecular flexibility index (Phi) is 3.22. The summed E-state index contributed by atoms with van der Waals surface area (Å²) >= 11 is 0. The number of hydrogen-bond donors (Lipinski definition) is 0. The van der Waals surface area contributed by atoms with Crippen molar-refractivity contribution in [2.45, 2.75) is 20.3 Å². The normalized spacial score (nSPS) is 10.8. The highest BCUT2D eigenvalue weighted by Crippen LogP contribution is 2.12. The Morgan fingerprint density at radius 3 is 2.88 bits per heavy atom. The molecule has 0 N–H and O–H groups in total. The van der Waals surface area contributed by atoms with Crippen LogP contribution in [0.25, 0.3) is 11.5 Å². The third kappa shape index (κ3) is 2.72. The number of carbonyl (C=O) groups excluding carboxylic acids is 1. The van der Waals surface area contributed by atoms with Crippen LogP contribution in [0.15, 0.2) is 23.1 Å². The third-order valence-electron chi connectivity index (χ3n) is 2.23. The lowest BCUT2D eigenvalue weighted by Crippen LogP contribution is -2.10. The Labute approximate surface area is 98.1 Å². The van der Waals surface area contributed by atoms with Gasteiger partial charge in [-0.25, -0.2) is 4.98 Å². The Hall–Kier alpha value is -2.11. The number of ketones is 1. The summed E-state index contributed by atoms with van der Waals surface area (Å²) in [6, 6.07) is 0. The van der Waals surface area contributed by atoms with Gasteiger partial charge in [0.1, 0.15) is 11.5 Å². The molecule has 2 aromatic heterocycles. The molecule has 0 aliphatic carbocycles. The fourth-order valence-electron chi connectivity index (χ4n) is 1.20. The molecule has 0 saturated carbocycles. The van der Waals surface area contributed by atoms with E-state index in [-0.39, 0.29) is 18.1 Å². The van der Waals surface area contributed by atoms with E-state index in [0.29, 0.717) is 17.4 Å². The molecule has 0 amide bonds. The van der Waals surface area contributed by atoms with Crippen molar-refractivity contribution in [3.05, 3.63) is 24.5 Å². The molecule has 6 nitrogen and oxygen atoms in total. The molecule has 6 heteroatoms. The van der Waals surface area contributed by atoms with Gasteiger partial charge >= 0.3 is 0 Å². The van der Waals surface area contributed by atoms with Crippen molar-refractivity contribution in [2.24, 2.45) is 5.92 Å². The molecule has 0 fully saturated rings. The van der Waals surface area contributed by atoms with Crippen LogP contribution in [0.1, 0.15) is 19.7 Å². The van der Waals surface area contributed by atoms with Crippen molar-refractivity contribution in [2.75, 3.05) is 0 Å². The van der Waals surface area contributed by atoms with Crippen LogP contribution < -0.4 is 0 Å². The zero-order valence-corrected chi connectivity index (χ0v) is 9.62. The van der Waals surface area contributed by atoms with Crippen molar-refractivity contribution in [1.29, 1.82) is 0 Å². The summed E-state index contributed by atoms with van der Waals surface area (Å²) in [6.07, 6.45) is 4.81. The number of hydrogen-bond acceptors (Lipinski definition) is 6. The fraction of sp³-hybridized carbons (Fsp3) is 0.364. The maximum Gasteiger partial charge on any atom is 0.234 e. The van der Waals surface area contributed by atoms with Gasteiger partial charge in [0.15, 0.2) is 0 Å². The maximum absolute atomic E-state index is 11.5. The number of nitrogens with zero attached hydrogens (tertiary/aromatic N) is 4. The molecule has 88 valence electrons. The standard InChI is InChI=1S/C11H12N4O2/c1-7(2)9(16)5-10-14-11(15-17-10)8-6-12-3-4-13-8/h3-4,6-7H,5H2,1-2H3. The Morgan fingerprint density at radius 1 is 1.41 bits per heavy atom. The van der Waals surface area contributed by atoms with Crippen molar-refractivity contribution in [1.82, 2.24) is 20.1 Å². The van der Waals surface area contributed by atoms with Crippen LogP contribution in [-0.4, -0.2) is 25.9 Å². The van der Waals surface area contributed by atoms with Crippen LogP contribution in [0.2, 0.25) is 0 Å². The summed E-state index contributed by atoms with van der Waals surface area (Å²) in [4.78, 5) is 23.6. The highest BCUT2D eigenvalue weighted by Gasteiger charge is 2.15. The van der Waals surface area contributed by atoms with Gasteiger partial charge in [-0.3, -0.25) is 9.78 Å². The first kappa shape index (κ1) is 11.4. The van der Waals surface area contributed by atoms with E-state index in [0.717, 1.165) is 0 Å². The number of aromatic nitrogens is 4. The summed E-state index contributed by atoms with van der Waals surface area (Å²) in [5, 5.41) is 3.76. The van der Waals surface area contributed by atoms with Gasteiger partial charge < -0.3 is 4.52 Å². The average Bonchev–Trinajstić information content (AvgIpc) is 2.78. The first-order valence-electron chi connectivity index (χ1n) is 5.28. The molecule has 0 unspecified atom stereocenters. The molecule has 0 aliphatic heterocycles. The molecule has 2 heterocycles. The Bertz CT molecular complexity index is 507. The summed E-state index contributed by atoms with van der Waals surface area (Å²) in [7, 11) is 0. The molecule has 0 bridgehead atoms. The predicted octanol–water partition coefficient (Wildman–Crippen LogP) is 1.29. The van der Waals surface area contributed by atoms with Crippen LogP contribution in [0.5, 0.6) is 0 Å². The topological polar surface area (TPSA) is 81.8 Å². The molecule has 0 aromatic carbocycles. The van der Waals surface area contributed by atoms with Crippen LogP contribution in [0.4, 0.5) is 0 Å². The van der Waals surface area contributed by atoms with Gasteiger partial charge in [0, 0.05) is 18.3 Å². The fourth-order valence-corrected chi connectivity index (χ4v) is 1.20. The first-order chi connectivity index (χ1) is 8.16. The van der Waals surface area contributed by atoms with Crippen molar-refractivity contribution < 1.29 is 9.32 Å². The van der Waals surface area contributed by atoms with Crippen molar-refractivity contribution >= 4 is 5.78 Å². The second kappa shape index (κ2) is 4.82. The summed E-state index contributed by atoms with van der Waals surface area (Å²) in [6.45, 7) is 3.67. The second-order valence-corrected chi connectivity index (χ2v) is 3.90. The van der Waals surface area contributed by atoms with E-state index in [2.05, 4.69) is 20.1 Å². The SMILES string of the molecule is CC(C)C(=O)Cc1nc(-c2cnccn2)no1. The molecule has 0 saturated heterocycles. The molecule has 2 rings (SSSR count). The largest absolute Gasteiger partial charge is 0.338 e. The van der Waals surface area contributed by atoms with Gasteiger partial charge in [0.05, 0.1) is 12.6 Å². The Morgan fingerprint density at radius 2 is 2.24 bits per heavy atom. The van der Waals surface area contributed by atoms with Gasteiger partial charge in [0.25, 0.3) is 0 Å². The molecule has 17 heavy (non-hydrogen) atoms. The van der Waals surface area contributed by atoms with E-state index in [1.165, 1.54) is 0 Å². The first-order valence-corrected chi connectivity index (χ1v) is 5.28. The van der Waals surface area contributed by atoms with Gasteiger partial charge in [-0.05, 0) is 0 Å². The predicted molar refractivity (Wildman–Crippen MR) is 58.9 cm³/mol.